The van der Waals surface area contributed by atoms with E-state index in [1.807, 2.05) is 6.92 Å². The van der Waals surface area contributed by atoms with Gasteiger partial charge in [0.25, 0.3) is 5.91 Å². The number of methoxy groups -OCH3 is 1. The Morgan fingerprint density at radius 3 is 2.32 bits per heavy atom. The topological polar surface area (TPSA) is 114 Å². The monoisotopic (exact) mass is 440 g/mol. The molecule has 9 heteroatoms. The molecule has 160 valence electrons. The summed E-state index contributed by atoms with van der Waals surface area (Å²) in [5.41, 5.74) is 4.17. The Morgan fingerprint density at radius 2 is 1.68 bits per heavy atom. The number of hydrazone groups is 1. The first-order valence-electron chi connectivity index (χ1n) is 9.10. The molecule has 0 fully saturated rings. The van der Waals surface area contributed by atoms with Crippen LogP contribution >= 0.6 is 0 Å². The van der Waals surface area contributed by atoms with Gasteiger partial charge in [-0.15, -0.1) is 0 Å². The number of nitrogens with one attached hydrogen (secondary N) is 1. The minimum atomic E-state index is -4.03. The highest BCUT2D eigenvalue weighted by molar-refractivity contribution is 7.87. The summed E-state index contributed by atoms with van der Waals surface area (Å²) in [6, 6.07) is 16.5. The molecule has 0 aliphatic heterocycles. The Hall–Kier alpha value is -3.85. The summed E-state index contributed by atoms with van der Waals surface area (Å²) in [4.78, 5) is 12.0. The van der Waals surface area contributed by atoms with E-state index in [-0.39, 0.29) is 22.1 Å². The van der Waals surface area contributed by atoms with Gasteiger partial charge in [0.2, 0.25) is 0 Å². The summed E-state index contributed by atoms with van der Waals surface area (Å²) in [5, 5.41) is 13.1. The van der Waals surface area contributed by atoms with Crippen molar-refractivity contribution >= 4 is 22.2 Å². The average molecular weight is 440 g/mol. The van der Waals surface area contributed by atoms with Crippen molar-refractivity contribution < 1.29 is 27.2 Å². The number of ether oxygens (including phenoxy) is 1. The number of rotatable bonds is 7. The first-order valence-corrected chi connectivity index (χ1v) is 10.5. The van der Waals surface area contributed by atoms with Gasteiger partial charge in [0.05, 0.1) is 13.3 Å². The van der Waals surface area contributed by atoms with E-state index in [0.717, 1.165) is 5.56 Å². The van der Waals surface area contributed by atoms with Crippen LogP contribution < -0.4 is 14.3 Å². The molecule has 8 nitrogen and oxygen atoms in total. The molecule has 0 radical (unpaired) electrons. The summed E-state index contributed by atoms with van der Waals surface area (Å²) in [6.07, 6.45) is 1.37. The fraction of sp³-hybridized carbons (Fsp3) is 0.0909. The molecule has 0 heterocycles. The number of carbonyl (C=O) groups is 1. The fourth-order valence-electron chi connectivity index (χ4n) is 2.55. The number of hydrogen-bond acceptors (Lipinski definition) is 7. The zero-order valence-electron chi connectivity index (χ0n) is 16.8. The normalized spacial score (nSPS) is 11.3. The van der Waals surface area contributed by atoms with Gasteiger partial charge in [0.15, 0.2) is 11.5 Å². The van der Waals surface area contributed by atoms with Gasteiger partial charge in [-0.25, -0.2) is 5.43 Å². The zero-order valence-corrected chi connectivity index (χ0v) is 17.6. The largest absolute Gasteiger partial charge is 0.508 e. The number of nitrogens with zero attached hydrogens (tertiary/aromatic N) is 1. The lowest BCUT2D eigenvalue weighted by Crippen LogP contribution is -2.17. The van der Waals surface area contributed by atoms with E-state index in [1.54, 1.807) is 18.2 Å². The second-order valence-corrected chi connectivity index (χ2v) is 8.05. The highest BCUT2D eigenvalue weighted by atomic mass is 32.2. The van der Waals surface area contributed by atoms with Crippen LogP contribution in [0.5, 0.6) is 17.2 Å². The van der Waals surface area contributed by atoms with Crippen LogP contribution in [0.3, 0.4) is 0 Å². The molecule has 0 saturated heterocycles. The number of amides is 1. The van der Waals surface area contributed by atoms with Crippen LogP contribution in [0.25, 0.3) is 0 Å². The molecule has 0 spiro atoms. The first-order chi connectivity index (χ1) is 14.8. The van der Waals surface area contributed by atoms with E-state index in [2.05, 4.69) is 10.5 Å². The van der Waals surface area contributed by atoms with E-state index in [1.165, 1.54) is 61.9 Å². The van der Waals surface area contributed by atoms with Gasteiger partial charge in [-0.3, -0.25) is 4.79 Å². The molecule has 0 saturated carbocycles. The van der Waals surface area contributed by atoms with Crippen molar-refractivity contribution in [1.82, 2.24) is 5.43 Å². The van der Waals surface area contributed by atoms with Gasteiger partial charge < -0.3 is 14.0 Å². The predicted molar refractivity (Wildman–Crippen MR) is 115 cm³/mol. The predicted octanol–water partition coefficient (Wildman–Crippen LogP) is 3.24. The van der Waals surface area contributed by atoms with Gasteiger partial charge in [-0.2, -0.15) is 13.5 Å². The van der Waals surface area contributed by atoms with Crippen molar-refractivity contribution in [2.45, 2.75) is 11.8 Å². The van der Waals surface area contributed by atoms with Crippen LogP contribution in [0, 0.1) is 6.92 Å². The number of benzene rings is 3. The summed E-state index contributed by atoms with van der Waals surface area (Å²) in [7, 11) is -2.64. The standard InChI is InChI=1S/C22H20N2O6S/c1-15-3-10-19(11-4-15)31(27,28)30-20-12-5-16(13-21(20)29-2)14-23-24-22(26)17-6-8-18(25)9-7-17/h3-14,25H,1-2H3,(H,24,26)/b23-14-. The van der Waals surface area contributed by atoms with Crippen LogP contribution in [0.2, 0.25) is 0 Å². The lowest BCUT2D eigenvalue weighted by molar-refractivity contribution is 0.0955. The molecule has 0 unspecified atom stereocenters. The van der Waals surface area contributed by atoms with Crippen molar-refractivity contribution in [3.63, 3.8) is 0 Å². The number of phenolic OH excluding ortho intramolecular Hbond substituents is 1. The SMILES string of the molecule is COc1cc(/C=N\NC(=O)c2ccc(O)cc2)ccc1OS(=O)(=O)c1ccc(C)cc1. The van der Waals surface area contributed by atoms with Crippen LogP contribution in [0.15, 0.2) is 76.7 Å². The van der Waals surface area contributed by atoms with Crippen molar-refractivity contribution in [3.8, 4) is 17.2 Å². The first kappa shape index (κ1) is 21.8. The minimum absolute atomic E-state index is 0.0216. The number of aromatic hydroxyl groups is 1. The Bertz CT molecular complexity index is 1200. The van der Waals surface area contributed by atoms with E-state index in [4.69, 9.17) is 8.92 Å². The third kappa shape index (κ3) is 5.61. The zero-order chi connectivity index (χ0) is 22.4. The lowest BCUT2D eigenvalue weighted by atomic mass is 10.2. The molecular weight excluding hydrogens is 420 g/mol. The molecule has 0 atom stereocenters. The molecule has 3 rings (SSSR count). The molecule has 2 N–H and O–H groups in total. The smallest absolute Gasteiger partial charge is 0.339 e. The molecule has 3 aromatic carbocycles. The van der Waals surface area contributed by atoms with Gasteiger partial charge in [-0.1, -0.05) is 17.7 Å². The number of phenols is 1. The maximum atomic E-state index is 12.5. The number of hydrogen-bond donors (Lipinski definition) is 2. The second kappa shape index (κ2) is 9.31. The lowest BCUT2D eigenvalue weighted by Gasteiger charge is -2.11. The third-order valence-corrected chi connectivity index (χ3v) is 5.45. The van der Waals surface area contributed by atoms with E-state index >= 15 is 0 Å². The summed E-state index contributed by atoms with van der Waals surface area (Å²) in [6.45, 7) is 1.85. The summed E-state index contributed by atoms with van der Waals surface area (Å²) in [5.74, 6) is -0.191. The maximum absolute atomic E-state index is 12.5. The second-order valence-electron chi connectivity index (χ2n) is 6.51. The molecule has 31 heavy (non-hydrogen) atoms. The average Bonchev–Trinajstić information content (AvgIpc) is 2.75. The van der Waals surface area contributed by atoms with Gasteiger partial charge in [0.1, 0.15) is 10.6 Å². The van der Waals surface area contributed by atoms with Gasteiger partial charge in [-0.05, 0) is 67.1 Å². The fourth-order valence-corrected chi connectivity index (χ4v) is 3.49. The van der Waals surface area contributed by atoms with E-state index in [9.17, 15) is 18.3 Å². The van der Waals surface area contributed by atoms with Crippen molar-refractivity contribution in [1.29, 1.82) is 0 Å². The number of carbonyl (C=O) groups excluding carboxylic acids is 1. The molecule has 0 aromatic heterocycles. The maximum Gasteiger partial charge on any atom is 0.339 e. The van der Waals surface area contributed by atoms with Crippen LogP contribution in [-0.4, -0.2) is 32.8 Å². The van der Waals surface area contributed by atoms with E-state index < -0.39 is 16.0 Å². The summed E-state index contributed by atoms with van der Waals surface area (Å²) >= 11 is 0. The highest BCUT2D eigenvalue weighted by Gasteiger charge is 2.19. The van der Waals surface area contributed by atoms with Gasteiger partial charge in [0, 0.05) is 5.56 Å². The number of aryl methyl sites for hydroxylation is 1. The Kier molecular flexibility index (Phi) is 6.56. The van der Waals surface area contributed by atoms with Crippen LogP contribution in [-0.2, 0) is 10.1 Å². The molecule has 0 aliphatic rings. The molecule has 0 bridgehead atoms. The highest BCUT2D eigenvalue weighted by Crippen LogP contribution is 2.30. The Balaban J connectivity index is 1.72. The van der Waals surface area contributed by atoms with Crippen LogP contribution in [0.4, 0.5) is 0 Å². The van der Waals surface area contributed by atoms with Gasteiger partial charge >= 0.3 is 10.1 Å². The van der Waals surface area contributed by atoms with Crippen molar-refractivity contribution in [3.05, 3.63) is 83.4 Å². The van der Waals surface area contributed by atoms with Crippen molar-refractivity contribution in [2.24, 2.45) is 5.10 Å². The van der Waals surface area contributed by atoms with E-state index in [0.29, 0.717) is 11.1 Å². The molecule has 0 aliphatic carbocycles. The minimum Gasteiger partial charge on any atom is -0.508 e. The van der Waals surface area contributed by atoms with Crippen LogP contribution in [0.1, 0.15) is 21.5 Å². The molecule has 1 amide bonds. The summed E-state index contributed by atoms with van der Waals surface area (Å²) < 4.78 is 35.5. The van der Waals surface area contributed by atoms with Crippen molar-refractivity contribution in [2.75, 3.05) is 7.11 Å². The molecule has 3 aromatic rings. The molecular formula is C22H20N2O6S. The quantitative estimate of drug-likeness (QED) is 0.331. The Morgan fingerprint density at radius 1 is 1.00 bits per heavy atom. The third-order valence-electron chi connectivity index (χ3n) is 4.21. The Labute approximate surface area is 179 Å².